The number of anilines is 2. The van der Waals surface area contributed by atoms with Crippen LogP contribution >= 0.6 is 0 Å². The first kappa shape index (κ1) is 21.1. The zero-order chi connectivity index (χ0) is 21.8. The molecule has 0 unspecified atom stereocenters. The van der Waals surface area contributed by atoms with E-state index in [9.17, 15) is 9.90 Å². The van der Waals surface area contributed by atoms with Gasteiger partial charge in [0.05, 0.1) is 0 Å². The number of hydrogen-bond acceptors (Lipinski definition) is 6. The van der Waals surface area contributed by atoms with Crippen LogP contribution in [0.25, 0.3) is 11.4 Å². The monoisotopic (exact) mass is 419 g/mol. The van der Waals surface area contributed by atoms with Crippen molar-refractivity contribution >= 4 is 11.5 Å². The number of piperidine rings is 1. The summed E-state index contributed by atoms with van der Waals surface area (Å²) in [6.45, 7) is 6.58. The maximum Gasteiger partial charge on any atom is 0.254 e. The largest absolute Gasteiger partial charge is 0.396 e. The number of aromatic nitrogens is 3. The van der Waals surface area contributed by atoms with E-state index < -0.39 is 0 Å². The average molecular weight is 420 g/mol. The van der Waals surface area contributed by atoms with E-state index in [-0.39, 0.29) is 5.56 Å². The molecule has 7 heteroatoms. The predicted molar refractivity (Wildman–Crippen MR) is 123 cm³/mol. The van der Waals surface area contributed by atoms with Gasteiger partial charge in [0.1, 0.15) is 11.6 Å². The molecule has 3 aromatic rings. The van der Waals surface area contributed by atoms with Gasteiger partial charge in [-0.2, -0.15) is 0 Å². The molecule has 1 fully saturated rings. The van der Waals surface area contributed by atoms with Gasteiger partial charge in [-0.25, -0.2) is 9.97 Å². The van der Waals surface area contributed by atoms with Gasteiger partial charge in [0.2, 0.25) is 0 Å². The minimum absolute atomic E-state index is 0.120. The van der Waals surface area contributed by atoms with Gasteiger partial charge >= 0.3 is 0 Å². The molecule has 3 N–H and O–H groups in total. The van der Waals surface area contributed by atoms with E-state index in [2.05, 4.69) is 49.4 Å². The zero-order valence-corrected chi connectivity index (χ0v) is 18.1. The molecule has 2 aromatic heterocycles. The molecule has 0 spiro atoms. The van der Waals surface area contributed by atoms with E-state index in [0.29, 0.717) is 30.5 Å². The Bertz CT molecular complexity index is 1070. The van der Waals surface area contributed by atoms with Crippen LogP contribution in [0.4, 0.5) is 11.5 Å². The number of nitrogens with one attached hydrogen (secondary N) is 2. The SMILES string of the molecule is Cc1nc(-c2ccc(NCc3ccc(N4CCC(CO)CC4)cc3)nc2)[nH]c(=O)c1C. The van der Waals surface area contributed by atoms with Crippen molar-refractivity contribution in [2.75, 3.05) is 29.9 Å². The molecule has 1 aromatic carbocycles. The van der Waals surface area contributed by atoms with E-state index in [1.54, 1.807) is 13.1 Å². The molecule has 4 rings (SSSR count). The predicted octanol–water partition coefficient (Wildman–Crippen LogP) is 3.27. The highest BCUT2D eigenvalue weighted by Gasteiger charge is 2.18. The second-order valence-corrected chi connectivity index (χ2v) is 8.19. The minimum Gasteiger partial charge on any atom is -0.396 e. The van der Waals surface area contributed by atoms with Crippen molar-refractivity contribution in [2.45, 2.75) is 33.2 Å². The summed E-state index contributed by atoms with van der Waals surface area (Å²) in [4.78, 5) is 26.1. The quantitative estimate of drug-likeness (QED) is 0.568. The molecule has 0 aliphatic carbocycles. The Labute approximate surface area is 182 Å². The summed E-state index contributed by atoms with van der Waals surface area (Å²) in [5.41, 5.74) is 4.43. The Morgan fingerprint density at radius 2 is 1.87 bits per heavy atom. The number of rotatable bonds is 6. The van der Waals surface area contributed by atoms with Crippen LogP contribution < -0.4 is 15.8 Å². The van der Waals surface area contributed by atoms with E-state index in [1.807, 2.05) is 19.1 Å². The van der Waals surface area contributed by atoms with Crippen molar-refractivity contribution in [2.24, 2.45) is 5.92 Å². The second-order valence-electron chi connectivity index (χ2n) is 8.19. The third-order valence-electron chi connectivity index (χ3n) is 6.08. The lowest BCUT2D eigenvalue weighted by molar-refractivity contribution is 0.203. The fourth-order valence-electron chi connectivity index (χ4n) is 3.81. The van der Waals surface area contributed by atoms with Crippen LogP contribution in [0.5, 0.6) is 0 Å². The summed E-state index contributed by atoms with van der Waals surface area (Å²) in [6, 6.07) is 12.4. The number of H-pyrrole nitrogens is 1. The zero-order valence-electron chi connectivity index (χ0n) is 18.1. The topological polar surface area (TPSA) is 94.1 Å². The van der Waals surface area contributed by atoms with E-state index in [0.717, 1.165) is 43.0 Å². The first-order chi connectivity index (χ1) is 15.0. The Kier molecular flexibility index (Phi) is 6.32. The summed E-state index contributed by atoms with van der Waals surface area (Å²) in [5.74, 6) is 1.75. The molecule has 0 radical (unpaired) electrons. The molecule has 0 amide bonds. The maximum atomic E-state index is 12.0. The van der Waals surface area contributed by atoms with Gasteiger partial charge < -0.3 is 20.3 Å². The number of hydrogen-bond donors (Lipinski definition) is 3. The Morgan fingerprint density at radius 3 is 2.48 bits per heavy atom. The lowest BCUT2D eigenvalue weighted by Crippen LogP contribution is -2.34. The highest BCUT2D eigenvalue weighted by Crippen LogP contribution is 2.23. The molecule has 1 aliphatic heterocycles. The van der Waals surface area contributed by atoms with Gasteiger partial charge in [0.25, 0.3) is 5.56 Å². The van der Waals surface area contributed by atoms with Gasteiger partial charge in [-0.15, -0.1) is 0 Å². The van der Waals surface area contributed by atoms with Gasteiger partial charge in [-0.1, -0.05) is 12.1 Å². The summed E-state index contributed by atoms with van der Waals surface area (Å²) in [7, 11) is 0. The smallest absolute Gasteiger partial charge is 0.254 e. The van der Waals surface area contributed by atoms with Crippen molar-refractivity contribution in [3.8, 4) is 11.4 Å². The summed E-state index contributed by atoms with van der Waals surface area (Å²) < 4.78 is 0. The van der Waals surface area contributed by atoms with Gasteiger partial charge in [-0.3, -0.25) is 4.79 Å². The van der Waals surface area contributed by atoms with Crippen molar-refractivity contribution in [3.05, 3.63) is 69.8 Å². The van der Waals surface area contributed by atoms with Gasteiger partial charge in [-0.05, 0) is 62.4 Å². The van der Waals surface area contributed by atoms with Crippen LogP contribution in [0.3, 0.4) is 0 Å². The van der Waals surface area contributed by atoms with E-state index in [4.69, 9.17) is 0 Å². The van der Waals surface area contributed by atoms with E-state index >= 15 is 0 Å². The van der Waals surface area contributed by atoms with Crippen LogP contribution in [0.15, 0.2) is 47.4 Å². The van der Waals surface area contributed by atoms with Crippen molar-refractivity contribution in [1.82, 2.24) is 15.0 Å². The van der Waals surface area contributed by atoms with Crippen LogP contribution in [0.2, 0.25) is 0 Å². The van der Waals surface area contributed by atoms with Crippen LogP contribution in [-0.2, 0) is 6.54 Å². The van der Waals surface area contributed by atoms with E-state index in [1.165, 1.54) is 11.3 Å². The second kappa shape index (κ2) is 9.31. The summed E-state index contributed by atoms with van der Waals surface area (Å²) in [6.07, 6.45) is 3.81. The van der Waals surface area contributed by atoms with Crippen LogP contribution in [0, 0.1) is 19.8 Å². The number of aromatic amines is 1. The molecular weight excluding hydrogens is 390 g/mol. The summed E-state index contributed by atoms with van der Waals surface area (Å²) >= 11 is 0. The number of aryl methyl sites for hydroxylation is 1. The van der Waals surface area contributed by atoms with Crippen LogP contribution in [-0.4, -0.2) is 39.8 Å². The van der Waals surface area contributed by atoms with Gasteiger partial charge in [0.15, 0.2) is 0 Å². The first-order valence-corrected chi connectivity index (χ1v) is 10.8. The third-order valence-corrected chi connectivity index (χ3v) is 6.08. The highest BCUT2D eigenvalue weighted by molar-refractivity contribution is 5.56. The molecule has 7 nitrogen and oxygen atoms in total. The highest BCUT2D eigenvalue weighted by atomic mass is 16.3. The fraction of sp³-hybridized carbons (Fsp3) is 0.375. The lowest BCUT2D eigenvalue weighted by atomic mass is 9.97. The van der Waals surface area contributed by atoms with Crippen molar-refractivity contribution in [1.29, 1.82) is 0 Å². The molecule has 1 saturated heterocycles. The molecule has 3 heterocycles. The van der Waals surface area contributed by atoms with Gasteiger partial charge in [0, 0.05) is 54.9 Å². The molecule has 162 valence electrons. The first-order valence-electron chi connectivity index (χ1n) is 10.8. The Balaban J connectivity index is 1.35. The van der Waals surface area contributed by atoms with Crippen molar-refractivity contribution in [3.63, 3.8) is 0 Å². The molecule has 31 heavy (non-hydrogen) atoms. The lowest BCUT2D eigenvalue weighted by Gasteiger charge is -2.33. The maximum absolute atomic E-state index is 12.0. The number of aliphatic hydroxyl groups is 1. The molecule has 0 atom stereocenters. The van der Waals surface area contributed by atoms with Crippen LogP contribution in [0.1, 0.15) is 29.7 Å². The van der Waals surface area contributed by atoms with Crippen molar-refractivity contribution < 1.29 is 5.11 Å². The molecular formula is C24H29N5O2. The number of pyridine rings is 1. The third kappa shape index (κ3) is 4.94. The number of benzene rings is 1. The number of nitrogens with zero attached hydrogens (tertiary/aromatic N) is 3. The average Bonchev–Trinajstić information content (AvgIpc) is 2.81. The normalized spacial score (nSPS) is 14.6. The molecule has 0 bridgehead atoms. The minimum atomic E-state index is -0.120. The summed E-state index contributed by atoms with van der Waals surface area (Å²) in [5, 5.41) is 12.6. The standard InChI is InChI=1S/C24H29N5O2/c1-16-17(2)27-23(28-24(16)31)20-5-8-22(26-14-20)25-13-18-3-6-21(7-4-18)29-11-9-19(15-30)10-12-29/h3-8,14,19,30H,9-13,15H2,1-2H3,(H,25,26)(H,27,28,31). The Morgan fingerprint density at radius 1 is 1.13 bits per heavy atom. The molecule has 0 saturated carbocycles. The fourth-order valence-corrected chi connectivity index (χ4v) is 3.81. The number of aliphatic hydroxyl groups excluding tert-OH is 1. The molecule has 1 aliphatic rings. The Hall–Kier alpha value is -3.19.